The summed E-state index contributed by atoms with van der Waals surface area (Å²) in [7, 11) is -2.03. The van der Waals surface area contributed by atoms with E-state index >= 15 is 0 Å². The van der Waals surface area contributed by atoms with Crippen LogP contribution in [0.1, 0.15) is 39.5 Å². The molecule has 0 spiro atoms. The number of anilines is 1. The minimum absolute atomic E-state index is 0.00223. The maximum Gasteiger partial charge on any atom is 0.265 e. The maximum absolute atomic E-state index is 13.2. The summed E-state index contributed by atoms with van der Waals surface area (Å²) in [6, 6.07) is 6.62. The molecule has 3 aromatic rings. The molecular formula is C22H25ClN4O3S2. The fourth-order valence-electron chi connectivity index (χ4n) is 3.86. The first-order chi connectivity index (χ1) is 15.1. The Labute approximate surface area is 197 Å². The minimum atomic E-state index is -3.83. The number of aryl methyl sites for hydroxylation is 2. The molecule has 1 aromatic carbocycles. The molecule has 32 heavy (non-hydrogen) atoms. The molecule has 7 nitrogen and oxygen atoms in total. The molecule has 0 unspecified atom stereocenters. The number of hydrogen-bond acceptors (Lipinski definition) is 5. The van der Waals surface area contributed by atoms with Crippen LogP contribution in [0.15, 0.2) is 29.2 Å². The van der Waals surface area contributed by atoms with Gasteiger partial charge in [-0.3, -0.25) is 9.52 Å². The molecule has 2 aromatic heterocycles. The highest BCUT2D eigenvalue weighted by molar-refractivity contribution is 7.92. The summed E-state index contributed by atoms with van der Waals surface area (Å²) >= 11 is 7.30. The number of hydrogen-bond donors (Lipinski definition) is 1. The Morgan fingerprint density at radius 1 is 1.16 bits per heavy atom. The predicted octanol–water partition coefficient (Wildman–Crippen LogP) is 4.76. The van der Waals surface area contributed by atoms with Crippen molar-refractivity contribution >= 4 is 44.6 Å². The standard InChI is InChI=1S/C22H25ClN4O3S2/c1-13-11-16(23)7-8-17(13)25-32(29,30)19-12-18(26(4)15(19)3)21-24-14(2)20(31-21)22(28)27-9-5-6-10-27/h7-8,11-12,25H,5-6,9-10H2,1-4H3. The van der Waals surface area contributed by atoms with Crippen LogP contribution >= 0.6 is 22.9 Å². The fraction of sp³-hybridized carbons (Fsp3) is 0.364. The van der Waals surface area contributed by atoms with E-state index in [0.717, 1.165) is 31.5 Å². The van der Waals surface area contributed by atoms with Crippen LogP contribution in [-0.2, 0) is 17.1 Å². The fourth-order valence-corrected chi connectivity index (χ4v) is 6.59. The number of aromatic nitrogens is 2. The van der Waals surface area contributed by atoms with Gasteiger partial charge in [0.05, 0.1) is 17.1 Å². The second-order valence-corrected chi connectivity index (χ2v) is 11.1. The summed E-state index contributed by atoms with van der Waals surface area (Å²) in [5, 5.41) is 1.17. The van der Waals surface area contributed by atoms with Gasteiger partial charge in [-0.15, -0.1) is 11.3 Å². The molecule has 1 aliphatic heterocycles. The van der Waals surface area contributed by atoms with Crippen LogP contribution in [-0.4, -0.2) is 41.9 Å². The number of carbonyl (C=O) groups is 1. The zero-order chi connectivity index (χ0) is 23.2. The number of carbonyl (C=O) groups excluding carboxylic acids is 1. The first kappa shape index (κ1) is 22.8. The summed E-state index contributed by atoms with van der Waals surface area (Å²) in [5.74, 6) is 0.00223. The monoisotopic (exact) mass is 492 g/mol. The van der Waals surface area contributed by atoms with Gasteiger partial charge in [-0.05, 0) is 63.4 Å². The summed E-state index contributed by atoms with van der Waals surface area (Å²) in [4.78, 5) is 20.1. The van der Waals surface area contributed by atoms with Crippen molar-refractivity contribution in [3.8, 4) is 10.7 Å². The lowest BCUT2D eigenvalue weighted by Gasteiger charge is -2.13. The van der Waals surface area contributed by atoms with Crippen LogP contribution in [0.5, 0.6) is 0 Å². The normalized spacial score (nSPS) is 14.2. The molecule has 0 radical (unpaired) electrons. The Kier molecular flexibility index (Phi) is 6.08. The maximum atomic E-state index is 13.2. The van der Waals surface area contributed by atoms with E-state index in [2.05, 4.69) is 9.71 Å². The smallest absolute Gasteiger partial charge is 0.265 e. The zero-order valence-electron chi connectivity index (χ0n) is 18.4. The average Bonchev–Trinajstić information content (AvgIpc) is 3.45. The molecule has 0 atom stereocenters. The highest BCUT2D eigenvalue weighted by atomic mass is 35.5. The molecule has 170 valence electrons. The van der Waals surface area contributed by atoms with Crippen molar-refractivity contribution in [2.45, 2.75) is 38.5 Å². The number of nitrogens with one attached hydrogen (secondary N) is 1. The van der Waals surface area contributed by atoms with E-state index < -0.39 is 10.0 Å². The van der Waals surface area contributed by atoms with Gasteiger partial charge in [0.1, 0.15) is 14.8 Å². The topological polar surface area (TPSA) is 84.3 Å². The number of sulfonamides is 1. The van der Waals surface area contributed by atoms with Crippen molar-refractivity contribution in [3.63, 3.8) is 0 Å². The Hall–Kier alpha value is -2.36. The third-order valence-corrected chi connectivity index (χ3v) is 8.70. The van der Waals surface area contributed by atoms with Crippen molar-refractivity contribution in [1.29, 1.82) is 0 Å². The second-order valence-electron chi connectivity index (χ2n) is 8.04. The summed E-state index contributed by atoms with van der Waals surface area (Å²) in [6.07, 6.45) is 2.05. The number of amides is 1. The zero-order valence-corrected chi connectivity index (χ0v) is 20.8. The van der Waals surface area contributed by atoms with Gasteiger partial charge in [0.15, 0.2) is 0 Å². The molecule has 3 heterocycles. The van der Waals surface area contributed by atoms with Crippen LogP contribution < -0.4 is 4.72 Å². The highest BCUT2D eigenvalue weighted by Gasteiger charge is 2.27. The van der Waals surface area contributed by atoms with E-state index in [9.17, 15) is 13.2 Å². The third-order valence-electron chi connectivity index (χ3n) is 5.81. The van der Waals surface area contributed by atoms with Gasteiger partial charge in [-0.2, -0.15) is 0 Å². The number of benzene rings is 1. The van der Waals surface area contributed by atoms with Gasteiger partial charge in [0.2, 0.25) is 0 Å². The number of thiazole rings is 1. The average molecular weight is 493 g/mol. The van der Waals surface area contributed by atoms with Crippen LogP contribution in [0.4, 0.5) is 5.69 Å². The Morgan fingerprint density at radius 3 is 2.50 bits per heavy atom. The van der Waals surface area contributed by atoms with E-state index in [1.165, 1.54) is 11.3 Å². The number of likely N-dealkylation sites (tertiary alicyclic amines) is 1. The Morgan fingerprint density at radius 2 is 1.84 bits per heavy atom. The molecule has 0 bridgehead atoms. The number of nitrogens with zero attached hydrogens (tertiary/aromatic N) is 3. The molecule has 4 rings (SSSR count). The van der Waals surface area contributed by atoms with Gasteiger partial charge in [0.25, 0.3) is 15.9 Å². The molecule has 1 aliphatic rings. The number of rotatable bonds is 5. The molecular weight excluding hydrogens is 468 g/mol. The largest absolute Gasteiger partial charge is 0.345 e. The van der Waals surface area contributed by atoms with Crippen LogP contribution in [0, 0.1) is 20.8 Å². The third kappa shape index (κ3) is 4.16. The first-order valence-electron chi connectivity index (χ1n) is 10.3. The first-order valence-corrected chi connectivity index (χ1v) is 13.0. The summed E-state index contributed by atoms with van der Waals surface area (Å²) in [6.45, 7) is 6.91. The van der Waals surface area contributed by atoms with Crippen LogP contribution in [0.2, 0.25) is 5.02 Å². The predicted molar refractivity (Wildman–Crippen MR) is 128 cm³/mol. The van der Waals surface area contributed by atoms with Crippen LogP contribution in [0.3, 0.4) is 0 Å². The van der Waals surface area contributed by atoms with E-state index in [4.69, 9.17) is 11.6 Å². The molecule has 1 fully saturated rings. The Bertz CT molecular complexity index is 1300. The van der Waals surface area contributed by atoms with E-state index in [1.807, 2.05) is 11.8 Å². The van der Waals surface area contributed by atoms with Crippen molar-refractivity contribution in [2.75, 3.05) is 17.8 Å². The Balaban J connectivity index is 1.68. The lowest BCUT2D eigenvalue weighted by Crippen LogP contribution is -2.27. The van der Waals surface area contributed by atoms with Gasteiger partial charge >= 0.3 is 0 Å². The molecule has 0 saturated carbocycles. The van der Waals surface area contributed by atoms with Crippen molar-refractivity contribution in [3.05, 3.63) is 51.1 Å². The molecule has 1 saturated heterocycles. The van der Waals surface area contributed by atoms with Crippen molar-refractivity contribution in [2.24, 2.45) is 7.05 Å². The summed E-state index contributed by atoms with van der Waals surface area (Å²) in [5.41, 5.74) is 3.11. The van der Waals surface area contributed by atoms with Gasteiger partial charge < -0.3 is 9.47 Å². The SMILES string of the molecule is Cc1cc(Cl)ccc1NS(=O)(=O)c1cc(-c2nc(C)c(C(=O)N3CCCC3)s2)n(C)c1C. The molecule has 1 N–H and O–H groups in total. The molecule has 0 aliphatic carbocycles. The van der Waals surface area contributed by atoms with E-state index in [-0.39, 0.29) is 10.8 Å². The minimum Gasteiger partial charge on any atom is -0.345 e. The second kappa shape index (κ2) is 8.53. The number of halogens is 1. The van der Waals surface area contributed by atoms with E-state index in [1.54, 1.807) is 49.7 Å². The molecule has 1 amide bonds. The van der Waals surface area contributed by atoms with Crippen molar-refractivity contribution in [1.82, 2.24) is 14.5 Å². The summed E-state index contributed by atoms with van der Waals surface area (Å²) < 4.78 is 30.8. The lowest BCUT2D eigenvalue weighted by molar-refractivity contribution is 0.0796. The van der Waals surface area contributed by atoms with Crippen LogP contribution in [0.25, 0.3) is 10.7 Å². The van der Waals surface area contributed by atoms with Gasteiger partial charge in [-0.1, -0.05) is 11.6 Å². The van der Waals surface area contributed by atoms with Gasteiger partial charge in [0, 0.05) is 30.9 Å². The quantitative estimate of drug-likeness (QED) is 0.556. The van der Waals surface area contributed by atoms with Gasteiger partial charge in [-0.25, -0.2) is 13.4 Å². The molecule has 10 heteroatoms. The van der Waals surface area contributed by atoms with Crippen molar-refractivity contribution < 1.29 is 13.2 Å². The lowest BCUT2D eigenvalue weighted by atomic mass is 10.2. The highest BCUT2D eigenvalue weighted by Crippen LogP contribution is 2.34. The van der Waals surface area contributed by atoms with E-state index in [0.29, 0.717) is 37.7 Å².